The van der Waals surface area contributed by atoms with Crippen LogP contribution >= 0.6 is 12.2 Å². The number of carbonyl (C=O) groups is 1. The van der Waals surface area contributed by atoms with E-state index in [4.69, 9.17) is 17.0 Å². The minimum Gasteiger partial charge on any atom is -0.463 e. The molecular formula is C19H24N2O2S. The first kappa shape index (κ1) is 18.2. The third kappa shape index (κ3) is 4.45. The van der Waals surface area contributed by atoms with Gasteiger partial charge in [0.15, 0.2) is 5.11 Å². The molecule has 4 nitrogen and oxygen atoms in total. The summed E-state index contributed by atoms with van der Waals surface area (Å²) in [6.07, 6.45) is 3.94. The van der Waals surface area contributed by atoms with E-state index in [1.54, 1.807) is 6.92 Å². The van der Waals surface area contributed by atoms with Crippen molar-refractivity contribution in [2.24, 2.45) is 5.92 Å². The van der Waals surface area contributed by atoms with E-state index in [9.17, 15) is 4.79 Å². The van der Waals surface area contributed by atoms with Gasteiger partial charge in [-0.1, -0.05) is 55.8 Å². The number of nitrogens with one attached hydrogen (secondary N) is 2. The molecule has 0 bridgehead atoms. The lowest BCUT2D eigenvalue weighted by Gasteiger charge is -2.30. The molecule has 2 N–H and O–H groups in total. The third-order valence-corrected chi connectivity index (χ3v) is 3.99. The van der Waals surface area contributed by atoms with Crippen molar-refractivity contribution in [2.75, 3.05) is 6.61 Å². The number of benzene rings is 1. The van der Waals surface area contributed by atoms with E-state index in [2.05, 4.69) is 29.7 Å². The molecule has 1 heterocycles. The van der Waals surface area contributed by atoms with E-state index < -0.39 is 0 Å². The highest BCUT2D eigenvalue weighted by Crippen LogP contribution is 2.22. The van der Waals surface area contributed by atoms with Gasteiger partial charge in [0.2, 0.25) is 0 Å². The highest BCUT2D eigenvalue weighted by Gasteiger charge is 2.30. The predicted octanol–water partition coefficient (Wildman–Crippen LogP) is 3.33. The summed E-state index contributed by atoms with van der Waals surface area (Å²) in [5.74, 6) is -0.179. The maximum absolute atomic E-state index is 12.4. The molecule has 1 aromatic carbocycles. The van der Waals surface area contributed by atoms with E-state index in [1.165, 1.54) is 5.56 Å². The van der Waals surface area contributed by atoms with Crippen LogP contribution in [0.25, 0.3) is 6.08 Å². The molecule has 1 unspecified atom stereocenters. The fourth-order valence-corrected chi connectivity index (χ4v) is 2.77. The van der Waals surface area contributed by atoms with Gasteiger partial charge < -0.3 is 15.4 Å². The van der Waals surface area contributed by atoms with Gasteiger partial charge in [0.05, 0.1) is 18.2 Å². The van der Waals surface area contributed by atoms with Crippen LogP contribution in [0, 0.1) is 12.8 Å². The van der Waals surface area contributed by atoms with Gasteiger partial charge in [-0.2, -0.15) is 0 Å². The van der Waals surface area contributed by atoms with E-state index >= 15 is 0 Å². The summed E-state index contributed by atoms with van der Waals surface area (Å²) in [6, 6.07) is 7.89. The molecule has 0 fully saturated rings. The molecule has 0 aromatic heterocycles. The molecule has 5 heteroatoms. The van der Waals surface area contributed by atoms with Crippen LogP contribution in [0.1, 0.15) is 31.9 Å². The SMILES string of the molecule is CCOC(=O)C1=C(C(C)C)NC(=S)NC1/C=C/c1ccc(C)cc1. The smallest absolute Gasteiger partial charge is 0.338 e. The number of allylic oxidation sites excluding steroid dienone is 1. The second-order valence-corrected chi connectivity index (χ2v) is 6.46. The van der Waals surface area contributed by atoms with Crippen molar-refractivity contribution in [3.05, 3.63) is 52.7 Å². The Bertz CT molecular complexity index is 675. The standard InChI is InChI=1S/C19H24N2O2S/c1-5-23-18(22)16-15(20-19(24)21-17(16)12(2)3)11-10-14-8-6-13(4)7-9-14/h6-12,15H,5H2,1-4H3,(H2,20,21,24)/b11-10+. The van der Waals surface area contributed by atoms with Gasteiger partial charge in [0.25, 0.3) is 0 Å². The molecule has 1 aromatic rings. The Morgan fingerprint density at radius 2 is 2.00 bits per heavy atom. The summed E-state index contributed by atoms with van der Waals surface area (Å²) in [5, 5.41) is 6.77. The van der Waals surface area contributed by atoms with Gasteiger partial charge >= 0.3 is 5.97 Å². The molecular weight excluding hydrogens is 320 g/mol. The van der Waals surface area contributed by atoms with Gasteiger partial charge in [-0.3, -0.25) is 0 Å². The summed E-state index contributed by atoms with van der Waals surface area (Å²) in [5.41, 5.74) is 3.68. The van der Waals surface area contributed by atoms with Crippen LogP contribution in [-0.4, -0.2) is 23.7 Å². The first-order valence-corrected chi connectivity index (χ1v) is 8.56. The Morgan fingerprint density at radius 3 is 2.58 bits per heavy atom. The van der Waals surface area contributed by atoms with Crippen molar-refractivity contribution in [2.45, 2.75) is 33.7 Å². The first-order chi connectivity index (χ1) is 11.4. The topological polar surface area (TPSA) is 50.4 Å². The zero-order valence-electron chi connectivity index (χ0n) is 14.6. The molecule has 1 aliphatic rings. The second kappa shape index (κ2) is 8.11. The number of thiocarbonyl (C=S) groups is 1. The summed E-state index contributed by atoms with van der Waals surface area (Å²) < 4.78 is 5.24. The maximum atomic E-state index is 12.4. The second-order valence-electron chi connectivity index (χ2n) is 6.05. The lowest BCUT2D eigenvalue weighted by molar-refractivity contribution is -0.138. The molecule has 0 aliphatic carbocycles. The summed E-state index contributed by atoms with van der Waals surface area (Å²) in [4.78, 5) is 12.4. The molecule has 2 rings (SSSR count). The van der Waals surface area contributed by atoms with Crippen molar-refractivity contribution < 1.29 is 9.53 Å². The monoisotopic (exact) mass is 344 g/mol. The maximum Gasteiger partial charge on any atom is 0.338 e. The number of hydrogen-bond acceptors (Lipinski definition) is 3. The van der Waals surface area contributed by atoms with Gasteiger partial charge in [0.1, 0.15) is 0 Å². The molecule has 0 spiro atoms. The average molecular weight is 344 g/mol. The molecule has 0 saturated heterocycles. The van der Waals surface area contributed by atoms with Crippen molar-refractivity contribution in [1.29, 1.82) is 0 Å². The number of esters is 1. The average Bonchev–Trinajstić information content (AvgIpc) is 2.53. The Hall–Kier alpha value is -2.14. The minimum atomic E-state index is -0.317. The fraction of sp³-hybridized carbons (Fsp3) is 0.368. The molecule has 24 heavy (non-hydrogen) atoms. The minimum absolute atomic E-state index is 0.139. The van der Waals surface area contributed by atoms with Crippen LogP contribution in [-0.2, 0) is 9.53 Å². The van der Waals surface area contributed by atoms with Crippen molar-refractivity contribution in [3.8, 4) is 0 Å². The largest absolute Gasteiger partial charge is 0.463 e. The molecule has 0 saturated carbocycles. The van der Waals surface area contributed by atoms with E-state index in [1.807, 2.05) is 38.1 Å². The predicted molar refractivity (Wildman–Crippen MR) is 101 cm³/mol. The van der Waals surface area contributed by atoms with Crippen molar-refractivity contribution in [3.63, 3.8) is 0 Å². The lowest BCUT2D eigenvalue weighted by atomic mass is 9.95. The number of aryl methyl sites for hydroxylation is 1. The fourth-order valence-electron chi connectivity index (χ4n) is 2.54. The van der Waals surface area contributed by atoms with E-state index in [0.29, 0.717) is 17.3 Å². The number of rotatable bonds is 5. The van der Waals surface area contributed by atoms with E-state index in [-0.39, 0.29) is 17.9 Å². The molecule has 0 radical (unpaired) electrons. The zero-order chi connectivity index (χ0) is 17.7. The van der Waals surface area contributed by atoms with E-state index in [0.717, 1.165) is 11.3 Å². The van der Waals surface area contributed by atoms with Crippen LogP contribution in [0.4, 0.5) is 0 Å². The molecule has 1 aliphatic heterocycles. The zero-order valence-corrected chi connectivity index (χ0v) is 15.4. The van der Waals surface area contributed by atoms with Crippen LogP contribution in [0.5, 0.6) is 0 Å². The highest BCUT2D eigenvalue weighted by atomic mass is 32.1. The normalized spacial score (nSPS) is 17.9. The van der Waals surface area contributed by atoms with Crippen LogP contribution in [0.2, 0.25) is 0 Å². The highest BCUT2D eigenvalue weighted by molar-refractivity contribution is 7.80. The lowest BCUT2D eigenvalue weighted by Crippen LogP contribution is -2.50. The summed E-state index contributed by atoms with van der Waals surface area (Å²) in [7, 11) is 0. The van der Waals surface area contributed by atoms with Crippen LogP contribution in [0.15, 0.2) is 41.6 Å². The summed E-state index contributed by atoms with van der Waals surface area (Å²) >= 11 is 5.29. The molecule has 1 atom stereocenters. The van der Waals surface area contributed by atoms with Gasteiger partial charge in [-0.05, 0) is 37.5 Å². The Labute approximate surface area is 149 Å². The van der Waals surface area contributed by atoms with Gasteiger partial charge in [0, 0.05) is 5.70 Å². The van der Waals surface area contributed by atoms with Gasteiger partial charge in [-0.15, -0.1) is 0 Å². The number of ether oxygens (including phenoxy) is 1. The molecule has 0 amide bonds. The van der Waals surface area contributed by atoms with Crippen LogP contribution in [0.3, 0.4) is 0 Å². The third-order valence-electron chi connectivity index (χ3n) is 3.77. The quantitative estimate of drug-likeness (QED) is 0.634. The number of carbonyl (C=O) groups excluding carboxylic acids is 1. The Balaban J connectivity index is 2.36. The molecule has 128 valence electrons. The Kier molecular flexibility index (Phi) is 6.15. The van der Waals surface area contributed by atoms with Gasteiger partial charge in [-0.25, -0.2) is 4.79 Å². The number of hydrogen-bond donors (Lipinski definition) is 2. The van der Waals surface area contributed by atoms with Crippen molar-refractivity contribution >= 4 is 29.4 Å². The van der Waals surface area contributed by atoms with Crippen molar-refractivity contribution in [1.82, 2.24) is 10.6 Å². The first-order valence-electron chi connectivity index (χ1n) is 8.16. The van der Waals surface area contributed by atoms with Crippen LogP contribution < -0.4 is 10.6 Å². The summed E-state index contributed by atoms with van der Waals surface area (Å²) in [6.45, 7) is 8.24. The Morgan fingerprint density at radius 1 is 1.33 bits per heavy atom.